The van der Waals surface area contributed by atoms with Crippen molar-refractivity contribution in [1.82, 2.24) is 9.97 Å². The normalized spacial score (nSPS) is 12.1. The van der Waals surface area contributed by atoms with Crippen molar-refractivity contribution in [1.29, 1.82) is 0 Å². The molecule has 13 heavy (non-hydrogen) atoms. The number of rotatable bonds is 3. The quantitative estimate of drug-likeness (QED) is 0.739. The predicted octanol–water partition coefficient (Wildman–Crippen LogP) is 1.09. The highest BCUT2D eigenvalue weighted by molar-refractivity contribution is 5.18. The number of hydrogen-bond acceptors (Lipinski definition) is 3. The number of methoxy groups -OCH3 is 1. The summed E-state index contributed by atoms with van der Waals surface area (Å²) in [7, 11) is 1.61. The molecule has 0 aliphatic heterocycles. The number of aromatic amines is 1. The SMILES string of the molecule is COCc1nc(C(C)(C)O)c(C)[nH]1. The van der Waals surface area contributed by atoms with E-state index in [0.717, 1.165) is 11.5 Å². The van der Waals surface area contributed by atoms with Crippen LogP contribution in [0.15, 0.2) is 0 Å². The predicted molar refractivity (Wildman–Crippen MR) is 49.3 cm³/mol. The van der Waals surface area contributed by atoms with Gasteiger partial charge in [0.05, 0.1) is 5.69 Å². The molecule has 1 aromatic rings. The van der Waals surface area contributed by atoms with Gasteiger partial charge in [-0.25, -0.2) is 4.98 Å². The summed E-state index contributed by atoms with van der Waals surface area (Å²) in [6.45, 7) is 5.76. The first-order valence-electron chi connectivity index (χ1n) is 4.22. The summed E-state index contributed by atoms with van der Waals surface area (Å²) in [6.07, 6.45) is 0. The lowest BCUT2D eigenvalue weighted by atomic mass is 10.0. The van der Waals surface area contributed by atoms with Crippen LogP contribution < -0.4 is 0 Å². The van der Waals surface area contributed by atoms with Gasteiger partial charge in [0.2, 0.25) is 0 Å². The Hall–Kier alpha value is -0.870. The zero-order valence-electron chi connectivity index (χ0n) is 8.51. The lowest BCUT2D eigenvalue weighted by molar-refractivity contribution is 0.0732. The van der Waals surface area contributed by atoms with E-state index in [9.17, 15) is 5.11 Å². The van der Waals surface area contributed by atoms with Crippen molar-refractivity contribution in [2.45, 2.75) is 33.0 Å². The lowest BCUT2D eigenvalue weighted by Crippen LogP contribution is -2.17. The Morgan fingerprint density at radius 3 is 2.54 bits per heavy atom. The van der Waals surface area contributed by atoms with Gasteiger partial charge in [-0.1, -0.05) is 0 Å². The molecular formula is C9H16N2O2. The number of nitrogens with zero attached hydrogens (tertiary/aromatic N) is 1. The molecule has 4 nitrogen and oxygen atoms in total. The summed E-state index contributed by atoms with van der Waals surface area (Å²) in [5.41, 5.74) is 0.672. The third kappa shape index (κ3) is 2.29. The molecule has 1 aromatic heterocycles. The molecule has 0 amide bonds. The molecule has 1 heterocycles. The third-order valence-electron chi connectivity index (χ3n) is 1.79. The standard InChI is InChI=1S/C9H16N2O2/c1-6-8(9(2,3)12)11-7(10-6)5-13-4/h12H,5H2,1-4H3,(H,10,11). The Balaban J connectivity index is 2.96. The van der Waals surface area contributed by atoms with Gasteiger partial charge in [0.25, 0.3) is 0 Å². The summed E-state index contributed by atoms with van der Waals surface area (Å²) >= 11 is 0. The Kier molecular flexibility index (Phi) is 2.73. The highest BCUT2D eigenvalue weighted by Crippen LogP contribution is 2.20. The van der Waals surface area contributed by atoms with Crippen molar-refractivity contribution in [2.24, 2.45) is 0 Å². The molecule has 0 radical (unpaired) electrons. The van der Waals surface area contributed by atoms with Gasteiger partial charge >= 0.3 is 0 Å². The van der Waals surface area contributed by atoms with Gasteiger partial charge in [-0.05, 0) is 20.8 Å². The second-order valence-electron chi connectivity index (χ2n) is 3.65. The van der Waals surface area contributed by atoms with Crippen molar-refractivity contribution < 1.29 is 9.84 Å². The monoisotopic (exact) mass is 184 g/mol. The molecule has 1 rings (SSSR count). The molecule has 0 aromatic carbocycles. The number of hydrogen-bond donors (Lipinski definition) is 2. The zero-order chi connectivity index (χ0) is 10.1. The molecule has 2 N–H and O–H groups in total. The summed E-state index contributed by atoms with van der Waals surface area (Å²) in [6, 6.07) is 0. The first-order chi connectivity index (χ1) is 5.95. The van der Waals surface area contributed by atoms with Crippen LogP contribution in [0.5, 0.6) is 0 Å². The van der Waals surface area contributed by atoms with Gasteiger partial charge in [-0.2, -0.15) is 0 Å². The fourth-order valence-corrected chi connectivity index (χ4v) is 1.32. The topological polar surface area (TPSA) is 58.1 Å². The fraction of sp³-hybridized carbons (Fsp3) is 0.667. The number of nitrogens with one attached hydrogen (secondary N) is 1. The number of H-pyrrole nitrogens is 1. The van der Waals surface area contributed by atoms with Crippen LogP contribution in [0.4, 0.5) is 0 Å². The molecule has 0 atom stereocenters. The summed E-state index contributed by atoms with van der Waals surface area (Å²) in [5.74, 6) is 0.747. The molecule has 0 bridgehead atoms. The molecule has 74 valence electrons. The average Bonchev–Trinajstić information content (AvgIpc) is 2.30. The Labute approximate surface area is 78.0 Å². The fourth-order valence-electron chi connectivity index (χ4n) is 1.32. The van der Waals surface area contributed by atoms with Crippen LogP contribution in [0.2, 0.25) is 0 Å². The zero-order valence-corrected chi connectivity index (χ0v) is 8.51. The van der Waals surface area contributed by atoms with E-state index in [1.54, 1.807) is 21.0 Å². The minimum absolute atomic E-state index is 0.441. The van der Waals surface area contributed by atoms with Crippen molar-refractivity contribution >= 4 is 0 Å². The number of aromatic nitrogens is 2. The second kappa shape index (κ2) is 3.47. The Morgan fingerprint density at radius 1 is 1.54 bits per heavy atom. The van der Waals surface area contributed by atoms with Gasteiger partial charge < -0.3 is 14.8 Å². The molecule has 0 unspecified atom stereocenters. The summed E-state index contributed by atoms with van der Waals surface area (Å²) < 4.78 is 4.93. The first kappa shape index (κ1) is 10.2. The molecule has 0 aliphatic carbocycles. The van der Waals surface area contributed by atoms with Crippen LogP contribution in [0, 0.1) is 6.92 Å². The van der Waals surface area contributed by atoms with E-state index in [-0.39, 0.29) is 0 Å². The molecule has 0 saturated carbocycles. The maximum absolute atomic E-state index is 9.73. The summed E-state index contributed by atoms with van der Waals surface area (Å²) in [4.78, 5) is 7.30. The molecular weight excluding hydrogens is 168 g/mol. The van der Waals surface area contributed by atoms with Crippen LogP contribution in [-0.4, -0.2) is 22.2 Å². The van der Waals surface area contributed by atoms with Gasteiger partial charge in [0, 0.05) is 12.8 Å². The number of aryl methyl sites for hydroxylation is 1. The van der Waals surface area contributed by atoms with Crippen LogP contribution in [-0.2, 0) is 16.9 Å². The van der Waals surface area contributed by atoms with E-state index in [0.29, 0.717) is 12.3 Å². The van der Waals surface area contributed by atoms with Crippen LogP contribution in [0.25, 0.3) is 0 Å². The Morgan fingerprint density at radius 2 is 2.15 bits per heavy atom. The van der Waals surface area contributed by atoms with E-state index in [4.69, 9.17) is 4.74 Å². The van der Waals surface area contributed by atoms with E-state index in [2.05, 4.69) is 9.97 Å². The van der Waals surface area contributed by atoms with Crippen molar-refractivity contribution in [2.75, 3.05) is 7.11 Å². The molecule has 0 spiro atoms. The molecule has 4 heteroatoms. The van der Waals surface area contributed by atoms with Crippen LogP contribution in [0.1, 0.15) is 31.1 Å². The molecule has 0 saturated heterocycles. The van der Waals surface area contributed by atoms with Crippen molar-refractivity contribution in [3.8, 4) is 0 Å². The highest BCUT2D eigenvalue weighted by atomic mass is 16.5. The maximum atomic E-state index is 9.73. The summed E-state index contributed by atoms with van der Waals surface area (Å²) in [5, 5.41) is 9.73. The number of aliphatic hydroxyl groups is 1. The highest BCUT2D eigenvalue weighted by Gasteiger charge is 2.22. The largest absolute Gasteiger partial charge is 0.384 e. The second-order valence-corrected chi connectivity index (χ2v) is 3.65. The minimum Gasteiger partial charge on any atom is -0.384 e. The maximum Gasteiger partial charge on any atom is 0.132 e. The number of ether oxygens (including phenoxy) is 1. The van der Waals surface area contributed by atoms with Gasteiger partial charge in [0.1, 0.15) is 18.0 Å². The van der Waals surface area contributed by atoms with Crippen LogP contribution in [0.3, 0.4) is 0 Å². The third-order valence-corrected chi connectivity index (χ3v) is 1.79. The van der Waals surface area contributed by atoms with Gasteiger partial charge in [0.15, 0.2) is 0 Å². The smallest absolute Gasteiger partial charge is 0.132 e. The molecule has 0 aliphatic rings. The van der Waals surface area contributed by atoms with Crippen molar-refractivity contribution in [3.05, 3.63) is 17.2 Å². The average molecular weight is 184 g/mol. The Bertz CT molecular complexity index is 286. The lowest BCUT2D eigenvalue weighted by Gasteiger charge is -2.14. The van der Waals surface area contributed by atoms with Gasteiger partial charge in [-0.3, -0.25) is 0 Å². The van der Waals surface area contributed by atoms with E-state index in [1.165, 1.54) is 0 Å². The van der Waals surface area contributed by atoms with Crippen molar-refractivity contribution in [3.63, 3.8) is 0 Å². The first-order valence-corrected chi connectivity index (χ1v) is 4.22. The van der Waals surface area contributed by atoms with Crippen LogP contribution >= 0.6 is 0 Å². The number of imidazole rings is 1. The van der Waals surface area contributed by atoms with E-state index >= 15 is 0 Å². The van der Waals surface area contributed by atoms with E-state index in [1.807, 2.05) is 6.92 Å². The van der Waals surface area contributed by atoms with Gasteiger partial charge in [-0.15, -0.1) is 0 Å². The minimum atomic E-state index is -0.896. The molecule has 0 fully saturated rings. The van der Waals surface area contributed by atoms with E-state index < -0.39 is 5.60 Å².